The molecule has 1 amide bonds. The van der Waals surface area contributed by atoms with E-state index in [1.165, 1.54) is 0 Å². The van der Waals surface area contributed by atoms with Crippen molar-refractivity contribution in [3.8, 4) is 11.3 Å². The first kappa shape index (κ1) is 19.8. The lowest BCUT2D eigenvalue weighted by atomic mass is 10.0. The van der Waals surface area contributed by atoms with Gasteiger partial charge in [-0.15, -0.1) is 11.3 Å². The van der Waals surface area contributed by atoms with Crippen molar-refractivity contribution in [3.63, 3.8) is 0 Å². The number of hydrogen-bond donors (Lipinski definition) is 0. The van der Waals surface area contributed by atoms with Crippen LogP contribution in [0.4, 0.5) is 0 Å². The van der Waals surface area contributed by atoms with E-state index in [-0.39, 0.29) is 12.5 Å². The number of pyridine rings is 1. The van der Waals surface area contributed by atoms with E-state index < -0.39 is 5.97 Å². The number of thiophene rings is 1. The fourth-order valence-corrected chi connectivity index (χ4v) is 3.90. The van der Waals surface area contributed by atoms with Crippen LogP contribution >= 0.6 is 11.3 Å². The van der Waals surface area contributed by atoms with E-state index in [0.29, 0.717) is 28.7 Å². The summed E-state index contributed by atoms with van der Waals surface area (Å²) in [6, 6.07) is 22.7. The quantitative estimate of drug-likeness (QED) is 0.425. The Kier molecular flexibility index (Phi) is 5.86. The molecule has 0 radical (unpaired) electrons. The standard InChI is InChI=1S/C24H20N2O3S/c1-26(15-18-10-7-13-30-18)23(27)16-29-24(28)20-14-22(17-8-3-2-4-9-17)25-21-12-6-5-11-19(20)21/h2-14H,15-16H2,1H3. The molecule has 2 aromatic heterocycles. The van der Waals surface area contributed by atoms with E-state index >= 15 is 0 Å². The van der Waals surface area contributed by atoms with Crippen LogP contribution in [0.1, 0.15) is 15.2 Å². The molecule has 0 saturated heterocycles. The Morgan fingerprint density at radius 1 is 1.00 bits per heavy atom. The second kappa shape index (κ2) is 8.88. The van der Waals surface area contributed by atoms with Gasteiger partial charge in [0.25, 0.3) is 5.91 Å². The molecule has 0 aliphatic carbocycles. The topological polar surface area (TPSA) is 59.5 Å². The van der Waals surface area contributed by atoms with E-state index in [2.05, 4.69) is 4.98 Å². The van der Waals surface area contributed by atoms with Gasteiger partial charge < -0.3 is 9.64 Å². The number of ether oxygens (including phenoxy) is 1. The van der Waals surface area contributed by atoms with Gasteiger partial charge in [-0.2, -0.15) is 0 Å². The fraction of sp³-hybridized carbons (Fsp3) is 0.125. The average Bonchev–Trinajstić information content (AvgIpc) is 3.30. The van der Waals surface area contributed by atoms with E-state index in [0.717, 1.165) is 10.4 Å². The van der Waals surface area contributed by atoms with Crippen molar-refractivity contribution in [3.05, 3.63) is 88.6 Å². The highest BCUT2D eigenvalue weighted by molar-refractivity contribution is 7.09. The van der Waals surface area contributed by atoms with Gasteiger partial charge >= 0.3 is 5.97 Å². The molecule has 2 aromatic carbocycles. The van der Waals surface area contributed by atoms with Crippen LogP contribution in [0.5, 0.6) is 0 Å². The number of likely N-dealkylation sites (N-methyl/N-ethyl adjacent to an activating group) is 1. The number of amides is 1. The molecule has 0 atom stereocenters. The molecule has 5 nitrogen and oxygen atoms in total. The number of para-hydroxylation sites is 1. The highest BCUT2D eigenvalue weighted by Gasteiger charge is 2.18. The van der Waals surface area contributed by atoms with Gasteiger partial charge in [-0.3, -0.25) is 4.79 Å². The highest BCUT2D eigenvalue weighted by Crippen LogP contribution is 2.25. The summed E-state index contributed by atoms with van der Waals surface area (Å²) in [4.78, 5) is 32.6. The first-order valence-electron chi connectivity index (χ1n) is 9.50. The molecular formula is C24H20N2O3S. The third kappa shape index (κ3) is 4.39. The average molecular weight is 417 g/mol. The monoisotopic (exact) mass is 416 g/mol. The number of rotatable bonds is 6. The SMILES string of the molecule is CN(Cc1cccs1)C(=O)COC(=O)c1cc(-c2ccccc2)nc2ccccc12. The Morgan fingerprint density at radius 2 is 1.77 bits per heavy atom. The predicted octanol–water partition coefficient (Wildman–Crippen LogP) is 4.78. The number of benzene rings is 2. The zero-order valence-corrected chi connectivity index (χ0v) is 17.3. The molecule has 0 bridgehead atoms. The van der Waals surface area contributed by atoms with Crippen LogP contribution < -0.4 is 0 Å². The molecule has 0 spiro atoms. The number of esters is 1. The van der Waals surface area contributed by atoms with Crippen LogP contribution in [0.2, 0.25) is 0 Å². The van der Waals surface area contributed by atoms with Crippen molar-refractivity contribution in [1.82, 2.24) is 9.88 Å². The minimum absolute atomic E-state index is 0.251. The van der Waals surface area contributed by atoms with Gasteiger partial charge in [0.05, 0.1) is 23.3 Å². The van der Waals surface area contributed by atoms with Gasteiger partial charge in [0.2, 0.25) is 0 Å². The van der Waals surface area contributed by atoms with Gasteiger partial charge in [0.15, 0.2) is 6.61 Å². The Hall–Kier alpha value is -3.51. The van der Waals surface area contributed by atoms with Crippen molar-refractivity contribution in [2.45, 2.75) is 6.54 Å². The van der Waals surface area contributed by atoms with Crippen LogP contribution in [0.15, 0.2) is 78.2 Å². The van der Waals surface area contributed by atoms with Crippen molar-refractivity contribution in [2.75, 3.05) is 13.7 Å². The number of carbonyl (C=O) groups excluding carboxylic acids is 2. The summed E-state index contributed by atoms with van der Waals surface area (Å²) in [6.45, 7) is 0.183. The maximum atomic E-state index is 12.9. The van der Waals surface area contributed by atoms with Gasteiger partial charge in [-0.1, -0.05) is 54.6 Å². The highest BCUT2D eigenvalue weighted by atomic mass is 32.1. The summed E-state index contributed by atoms with van der Waals surface area (Å²) >= 11 is 1.58. The van der Waals surface area contributed by atoms with E-state index in [4.69, 9.17) is 4.74 Å². The van der Waals surface area contributed by atoms with Crippen molar-refractivity contribution >= 4 is 34.1 Å². The maximum absolute atomic E-state index is 12.9. The van der Waals surface area contributed by atoms with Gasteiger partial charge in [0, 0.05) is 22.9 Å². The third-order valence-corrected chi connectivity index (χ3v) is 5.59. The van der Waals surface area contributed by atoms with Crippen LogP contribution in [-0.4, -0.2) is 35.4 Å². The number of hydrogen-bond acceptors (Lipinski definition) is 5. The van der Waals surface area contributed by atoms with Crippen molar-refractivity contribution < 1.29 is 14.3 Å². The largest absolute Gasteiger partial charge is 0.452 e. The molecule has 0 unspecified atom stereocenters. The summed E-state index contributed by atoms with van der Waals surface area (Å²) in [6.07, 6.45) is 0. The molecule has 6 heteroatoms. The summed E-state index contributed by atoms with van der Waals surface area (Å²) in [5.41, 5.74) is 2.69. The molecule has 0 aliphatic heterocycles. The Morgan fingerprint density at radius 3 is 2.53 bits per heavy atom. The minimum Gasteiger partial charge on any atom is -0.452 e. The van der Waals surface area contributed by atoms with E-state index in [1.807, 2.05) is 72.1 Å². The summed E-state index contributed by atoms with van der Waals surface area (Å²) in [5, 5.41) is 2.66. The zero-order chi connectivity index (χ0) is 20.9. The molecule has 0 aliphatic rings. The van der Waals surface area contributed by atoms with Crippen molar-refractivity contribution in [2.24, 2.45) is 0 Å². The Labute approximate surface area is 178 Å². The first-order chi connectivity index (χ1) is 14.6. The second-order valence-corrected chi connectivity index (χ2v) is 7.88. The molecule has 2 heterocycles. The summed E-state index contributed by atoms with van der Waals surface area (Å²) < 4.78 is 5.37. The van der Waals surface area contributed by atoms with E-state index in [9.17, 15) is 9.59 Å². The second-order valence-electron chi connectivity index (χ2n) is 6.84. The lowest BCUT2D eigenvalue weighted by Crippen LogP contribution is -2.30. The van der Waals surface area contributed by atoms with Crippen LogP contribution in [-0.2, 0) is 16.1 Å². The lowest BCUT2D eigenvalue weighted by Gasteiger charge is -2.16. The van der Waals surface area contributed by atoms with Crippen molar-refractivity contribution in [1.29, 1.82) is 0 Å². The molecule has 0 saturated carbocycles. The van der Waals surface area contributed by atoms with Gasteiger partial charge in [-0.25, -0.2) is 9.78 Å². The molecule has 0 fully saturated rings. The first-order valence-corrected chi connectivity index (χ1v) is 10.4. The smallest absolute Gasteiger partial charge is 0.339 e. The van der Waals surface area contributed by atoms with Crippen LogP contribution in [0.3, 0.4) is 0 Å². The Bertz CT molecular complexity index is 1170. The normalized spacial score (nSPS) is 10.7. The molecule has 4 aromatic rings. The molecular weight excluding hydrogens is 396 g/mol. The summed E-state index contributed by atoms with van der Waals surface area (Å²) in [5.74, 6) is -0.790. The number of nitrogens with zero attached hydrogens (tertiary/aromatic N) is 2. The lowest BCUT2D eigenvalue weighted by molar-refractivity contribution is -0.133. The van der Waals surface area contributed by atoms with Crippen LogP contribution in [0, 0.1) is 0 Å². The molecule has 150 valence electrons. The summed E-state index contributed by atoms with van der Waals surface area (Å²) in [7, 11) is 1.70. The third-order valence-electron chi connectivity index (χ3n) is 4.73. The molecule has 4 rings (SSSR count). The van der Waals surface area contributed by atoms with Crippen LogP contribution in [0.25, 0.3) is 22.2 Å². The number of fused-ring (bicyclic) bond motifs is 1. The maximum Gasteiger partial charge on any atom is 0.339 e. The zero-order valence-electron chi connectivity index (χ0n) is 16.4. The molecule has 0 N–H and O–H groups in total. The Balaban J connectivity index is 1.54. The minimum atomic E-state index is -0.538. The number of aromatic nitrogens is 1. The number of carbonyl (C=O) groups is 2. The predicted molar refractivity (Wildman–Crippen MR) is 118 cm³/mol. The van der Waals surface area contributed by atoms with Gasteiger partial charge in [-0.05, 0) is 23.6 Å². The van der Waals surface area contributed by atoms with Gasteiger partial charge in [0.1, 0.15) is 0 Å². The van der Waals surface area contributed by atoms with E-state index in [1.54, 1.807) is 29.4 Å². The molecule has 30 heavy (non-hydrogen) atoms. The fourth-order valence-electron chi connectivity index (χ4n) is 3.14.